The van der Waals surface area contributed by atoms with Crippen molar-refractivity contribution in [2.75, 3.05) is 37.6 Å². The zero-order valence-electron chi connectivity index (χ0n) is 14.6. The lowest BCUT2D eigenvalue weighted by Gasteiger charge is -2.34. The molecule has 2 heterocycles. The van der Waals surface area contributed by atoms with Crippen molar-refractivity contribution in [2.45, 2.75) is 0 Å². The number of rotatable bonds is 5. The Hall–Kier alpha value is -2.99. The fourth-order valence-electron chi connectivity index (χ4n) is 3.15. The summed E-state index contributed by atoms with van der Waals surface area (Å²) in [5.41, 5.74) is 2.23. The Kier molecular flexibility index (Phi) is 5.02. The fraction of sp³-hybridized carbons (Fsp3) is 0.250. The zero-order valence-corrected chi connectivity index (χ0v) is 14.6. The predicted molar refractivity (Wildman–Crippen MR) is 103 cm³/mol. The first-order chi connectivity index (χ1) is 12.9. The lowest BCUT2D eigenvalue weighted by Crippen LogP contribution is -2.47. The van der Waals surface area contributed by atoms with E-state index in [9.17, 15) is 0 Å². The molecule has 0 atom stereocenters. The van der Waals surface area contributed by atoms with E-state index in [1.54, 1.807) is 0 Å². The van der Waals surface area contributed by atoms with Gasteiger partial charge in [0.2, 0.25) is 5.95 Å². The molecule has 3 aromatic rings. The second-order valence-electron chi connectivity index (χ2n) is 6.33. The van der Waals surface area contributed by atoms with Gasteiger partial charge in [-0.1, -0.05) is 65.8 Å². The highest BCUT2D eigenvalue weighted by molar-refractivity contribution is 5.48. The maximum absolute atomic E-state index is 4.24. The van der Waals surface area contributed by atoms with Gasteiger partial charge in [-0.05, 0) is 28.1 Å². The van der Waals surface area contributed by atoms with Crippen molar-refractivity contribution >= 4 is 12.0 Å². The van der Waals surface area contributed by atoms with Crippen LogP contribution in [0.5, 0.6) is 0 Å². The average molecular weight is 346 g/mol. The second-order valence-corrected chi connectivity index (χ2v) is 6.33. The number of benzene rings is 2. The molecule has 0 unspecified atom stereocenters. The smallest absolute Gasteiger partial charge is 0.250 e. The summed E-state index contributed by atoms with van der Waals surface area (Å²) in [6.45, 7) is 4.81. The number of hydrogen-bond acceptors (Lipinski definition) is 5. The largest absolute Gasteiger partial charge is 0.337 e. The van der Waals surface area contributed by atoms with Gasteiger partial charge in [0.25, 0.3) is 0 Å². The van der Waals surface area contributed by atoms with Crippen LogP contribution >= 0.6 is 0 Å². The summed E-state index contributed by atoms with van der Waals surface area (Å²) in [6, 6.07) is 20.4. The van der Waals surface area contributed by atoms with Gasteiger partial charge in [-0.2, -0.15) is 4.68 Å². The van der Waals surface area contributed by atoms with Gasteiger partial charge in [-0.3, -0.25) is 4.90 Å². The van der Waals surface area contributed by atoms with Crippen molar-refractivity contribution in [3.63, 3.8) is 0 Å². The Balaban J connectivity index is 1.35. The number of para-hydroxylation sites is 1. The summed E-state index contributed by atoms with van der Waals surface area (Å²) in [6.07, 6.45) is 4.42. The van der Waals surface area contributed by atoms with E-state index in [0.717, 1.165) is 44.4 Å². The number of hydrogen-bond donors (Lipinski definition) is 0. The van der Waals surface area contributed by atoms with Gasteiger partial charge in [0.15, 0.2) is 0 Å². The summed E-state index contributed by atoms with van der Waals surface area (Å²) in [7, 11) is 0. The third-order valence-corrected chi connectivity index (χ3v) is 4.58. The Morgan fingerprint density at radius 3 is 2.27 bits per heavy atom. The quantitative estimate of drug-likeness (QED) is 0.710. The molecule has 1 aromatic heterocycles. The van der Waals surface area contributed by atoms with Crippen LogP contribution in [0.15, 0.2) is 66.7 Å². The molecule has 0 aliphatic carbocycles. The molecule has 26 heavy (non-hydrogen) atoms. The molecule has 2 aromatic carbocycles. The van der Waals surface area contributed by atoms with Crippen molar-refractivity contribution in [3.05, 3.63) is 72.3 Å². The third kappa shape index (κ3) is 3.81. The van der Waals surface area contributed by atoms with Gasteiger partial charge in [-0.25, -0.2) is 0 Å². The van der Waals surface area contributed by atoms with Crippen LogP contribution in [0.2, 0.25) is 0 Å². The van der Waals surface area contributed by atoms with E-state index in [1.807, 2.05) is 41.1 Å². The Morgan fingerprint density at radius 1 is 0.846 bits per heavy atom. The first kappa shape index (κ1) is 16.5. The van der Waals surface area contributed by atoms with Gasteiger partial charge in [0, 0.05) is 32.7 Å². The predicted octanol–water partition coefficient (Wildman–Crippen LogP) is 2.50. The third-order valence-electron chi connectivity index (χ3n) is 4.58. The maximum Gasteiger partial charge on any atom is 0.250 e. The molecule has 0 spiro atoms. The number of piperazine rings is 1. The van der Waals surface area contributed by atoms with Gasteiger partial charge in [0.05, 0.1) is 5.69 Å². The van der Waals surface area contributed by atoms with Gasteiger partial charge < -0.3 is 4.90 Å². The zero-order chi connectivity index (χ0) is 17.6. The van der Waals surface area contributed by atoms with E-state index in [1.165, 1.54) is 5.56 Å². The summed E-state index contributed by atoms with van der Waals surface area (Å²) < 4.78 is 1.81. The normalized spacial score (nSPS) is 15.6. The second kappa shape index (κ2) is 7.93. The van der Waals surface area contributed by atoms with Crippen LogP contribution in [0, 0.1) is 0 Å². The first-order valence-electron chi connectivity index (χ1n) is 8.93. The molecule has 1 aliphatic rings. The van der Waals surface area contributed by atoms with Crippen LogP contribution in [-0.2, 0) is 0 Å². The van der Waals surface area contributed by atoms with Crippen molar-refractivity contribution in [3.8, 4) is 5.69 Å². The SMILES string of the molecule is C(=C\c1ccccc1)/CN1CCN(c2nnnn2-c2ccccc2)CC1. The lowest BCUT2D eigenvalue weighted by molar-refractivity contribution is 0.282. The molecule has 1 fully saturated rings. The minimum Gasteiger partial charge on any atom is -0.337 e. The molecule has 6 heteroatoms. The number of tetrazole rings is 1. The van der Waals surface area contributed by atoms with E-state index in [-0.39, 0.29) is 0 Å². The fourth-order valence-corrected chi connectivity index (χ4v) is 3.15. The Bertz CT molecular complexity index is 835. The Labute approximate surface area is 153 Å². The molecule has 6 nitrogen and oxygen atoms in total. The van der Waals surface area contributed by atoms with Crippen LogP contribution in [0.1, 0.15) is 5.56 Å². The summed E-state index contributed by atoms with van der Waals surface area (Å²) in [5.74, 6) is 0.815. The van der Waals surface area contributed by atoms with E-state index in [4.69, 9.17) is 0 Å². The molecule has 0 saturated carbocycles. The summed E-state index contributed by atoms with van der Waals surface area (Å²) in [4.78, 5) is 4.71. The highest BCUT2D eigenvalue weighted by Crippen LogP contribution is 2.17. The highest BCUT2D eigenvalue weighted by Gasteiger charge is 2.21. The first-order valence-corrected chi connectivity index (χ1v) is 8.93. The molecule has 0 bridgehead atoms. The lowest BCUT2D eigenvalue weighted by atomic mass is 10.2. The molecular weight excluding hydrogens is 324 g/mol. The van der Waals surface area contributed by atoms with Gasteiger partial charge in [0.1, 0.15) is 0 Å². The van der Waals surface area contributed by atoms with Gasteiger partial charge >= 0.3 is 0 Å². The molecule has 0 radical (unpaired) electrons. The van der Waals surface area contributed by atoms with Crippen molar-refractivity contribution in [1.82, 2.24) is 25.1 Å². The summed E-state index contributed by atoms with van der Waals surface area (Å²) in [5, 5.41) is 12.3. The highest BCUT2D eigenvalue weighted by atomic mass is 15.6. The number of nitrogens with zero attached hydrogens (tertiary/aromatic N) is 6. The monoisotopic (exact) mass is 346 g/mol. The maximum atomic E-state index is 4.24. The van der Waals surface area contributed by atoms with Crippen LogP contribution in [0.25, 0.3) is 11.8 Å². The van der Waals surface area contributed by atoms with Crippen molar-refractivity contribution in [1.29, 1.82) is 0 Å². The summed E-state index contributed by atoms with van der Waals surface area (Å²) >= 11 is 0. The topological polar surface area (TPSA) is 50.1 Å². The molecular formula is C20H22N6. The molecule has 4 rings (SSSR count). The standard InChI is InChI=1S/C20H22N6/c1-3-8-18(9-4-1)10-7-13-24-14-16-25(17-15-24)20-21-22-23-26(20)19-11-5-2-6-12-19/h1-12H,13-17H2/b10-7+. The molecule has 0 amide bonds. The van der Waals surface area contributed by atoms with E-state index in [0.29, 0.717) is 0 Å². The molecule has 1 saturated heterocycles. The van der Waals surface area contributed by atoms with Crippen molar-refractivity contribution < 1.29 is 0 Å². The Morgan fingerprint density at radius 2 is 1.54 bits per heavy atom. The van der Waals surface area contributed by atoms with E-state index in [2.05, 4.69) is 61.7 Å². The van der Waals surface area contributed by atoms with Crippen LogP contribution in [0.4, 0.5) is 5.95 Å². The van der Waals surface area contributed by atoms with Crippen LogP contribution in [0.3, 0.4) is 0 Å². The van der Waals surface area contributed by atoms with Crippen LogP contribution < -0.4 is 4.90 Å². The van der Waals surface area contributed by atoms with Gasteiger partial charge in [-0.15, -0.1) is 0 Å². The van der Waals surface area contributed by atoms with E-state index >= 15 is 0 Å². The molecule has 0 N–H and O–H groups in total. The average Bonchev–Trinajstić information content (AvgIpc) is 3.20. The molecule has 1 aliphatic heterocycles. The number of aromatic nitrogens is 4. The number of anilines is 1. The van der Waals surface area contributed by atoms with Crippen molar-refractivity contribution in [2.24, 2.45) is 0 Å². The minimum atomic E-state index is 0.815. The van der Waals surface area contributed by atoms with E-state index < -0.39 is 0 Å². The van der Waals surface area contributed by atoms with Crippen LogP contribution in [-0.4, -0.2) is 57.8 Å². The molecule has 132 valence electrons. The minimum absolute atomic E-state index is 0.815.